The molecule has 1 aromatic carbocycles. The summed E-state index contributed by atoms with van der Waals surface area (Å²) in [6, 6.07) is 4.44. The summed E-state index contributed by atoms with van der Waals surface area (Å²) >= 11 is 0. The lowest BCUT2D eigenvalue weighted by molar-refractivity contribution is -0.153. The van der Waals surface area contributed by atoms with Gasteiger partial charge in [0.05, 0.1) is 11.8 Å². The van der Waals surface area contributed by atoms with E-state index in [1.54, 1.807) is 6.20 Å². The number of hydrogen-bond acceptors (Lipinski definition) is 8. The van der Waals surface area contributed by atoms with E-state index in [0.717, 1.165) is 44.9 Å². The van der Waals surface area contributed by atoms with Crippen LogP contribution in [-0.2, 0) is 6.18 Å². The van der Waals surface area contributed by atoms with Crippen LogP contribution in [0, 0.1) is 19.7 Å². The van der Waals surface area contributed by atoms with E-state index in [1.807, 2.05) is 6.92 Å². The van der Waals surface area contributed by atoms with Gasteiger partial charge >= 0.3 is 6.18 Å². The molecule has 1 aliphatic rings. The van der Waals surface area contributed by atoms with E-state index in [2.05, 4.69) is 36.7 Å². The number of furan rings is 1. The first-order valence-electron chi connectivity index (χ1n) is 12.8. The molecule has 218 valence electrons. The van der Waals surface area contributed by atoms with Crippen LogP contribution in [0.3, 0.4) is 0 Å². The number of anilines is 1. The molecule has 1 aliphatic heterocycles. The van der Waals surface area contributed by atoms with Gasteiger partial charge in [0, 0.05) is 50.0 Å². The van der Waals surface area contributed by atoms with E-state index < -0.39 is 29.2 Å². The predicted molar refractivity (Wildman–Crippen MR) is 140 cm³/mol. The van der Waals surface area contributed by atoms with Gasteiger partial charge in [0.15, 0.2) is 11.6 Å². The number of piperazine rings is 1. The highest BCUT2D eigenvalue weighted by Gasteiger charge is 2.40. The SMILES string of the molecule is Cc1cc(C(=O)Nc2ccc(Oc3ncnn4cc(OCCN5CCN(C)CC5)c(C)c34)c(F)c2)c(C(F)(F)F)o1. The normalized spacial score (nSPS) is 14.9. The highest BCUT2D eigenvalue weighted by molar-refractivity contribution is 6.05. The molecular weight excluding hydrogens is 548 g/mol. The number of fused-ring (bicyclic) bond motifs is 1. The molecule has 4 heterocycles. The van der Waals surface area contributed by atoms with Crippen LogP contribution in [0.4, 0.5) is 23.2 Å². The van der Waals surface area contributed by atoms with Crippen molar-refractivity contribution in [3.8, 4) is 17.4 Å². The topological polar surface area (TPSA) is 97.4 Å². The minimum absolute atomic E-state index is 0.0745. The monoisotopic (exact) mass is 576 g/mol. The molecule has 0 saturated carbocycles. The molecule has 5 rings (SSSR count). The minimum atomic E-state index is -4.86. The summed E-state index contributed by atoms with van der Waals surface area (Å²) in [5, 5.41) is 6.45. The Balaban J connectivity index is 1.28. The quantitative estimate of drug-likeness (QED) is 0.300. The molecule has 41 heavy (non-hydrogen) atoms. The van der Waals surface area contributed by atoms with Gasteiger partial charge in [-0.2, -0.15) is 23.3 Å². The number of ether oxygens (including phenoxy) is 2. The fourth-order valence-corrected chi connectivity index (χ4v) is 4.54. The Bertz CT molecular complexity index is 1560. The molecular formula is C27H28F4N6O4. The van der Waals surface area contributed by atoms with Gasteiger partial charge in [0.2, 0.25) is 11.6 Å². The van der Waals surface area contributed by atoms with Crippen molar-refractivity contribution >= 4 is 17.1 Å². The van der Waals surface area contributed by atoms with Crippen LogP contribution in [0.15, 0.2) is 41.2 Å². The van der Waals surface area contributed by atoms with Crippen molar-refractivity contribution in [2.75, 3.05) is 51.7 Å². The number of halogens is 4. The average Bonchev–Trinajstić information content (AvgIpc) is 3.47. The number of nitrogens with one attached hydrogen (secondary N) is 1. The fourth-order valence-electron chi connectivity index (χ4n) is 4.54. The average molecular weight is 577 g/mol. The molecule has 1 fully saturated rings. The molecule has 3 aromatic heterocycles. The Kier molecular flexibility index (Phi) is 7.87. The van der Waals surface area contributed by atoms with Crippen molar-refractivity contribution in [1.29, 1.82) is 0 Å². The first-order valence-corrected chi connectivity index (χ1v) is 12.8. The van der Waals surface area contributed by atoms with E-state index in [4.69, 9.17) is 9.47 Å². The summed E-state index contributed by atoms with van der Waals surface area (Å²) in [6.07, 6.45) is -1.91. The molecule has 1 saturated heterocycles. The zero-order valence-electron chi connectivity index (χ0n) is 22.6. The highest BCUT2D eigenvalue weighted by Crippen LogP contribution is 2.35. The number of hydrogen-bond donors (Lipinski definition) is 1. The summed E-state index contributed by atoms with van der Waals surface area (Å²) in [5.74, 6) is -3.02. The van der Waals surface area contributed by atoms with Crippen molar-refractivity contribution in [2.45, 2.75) is 20.0 Å². The number of carbonyl (C=O) groups excluding carboxylic acids is 1. The Morgan fingerprint density at radius 1 is 1.12 bits per heavy atom. The summed E-state index contributed by atoms with van der Waals surface area (Å²) < 4.78 is 72.5. The molecule has 10 nitrogen and oxygen atoms in total. The van der Waals surface area contributed by atoms with Crippen LogP contribution in [0.2, 0.25) is 0 Å². The largest absolute Gasteiger partial charge is 0.490 e. The molecule has 4 aromatic rings. The Morgan fingerprint density at radius 2 is 1.88 bits per heavy atom. The molecule has 1 N–H and O–H groups in total. The molecule has 0 unspecified atom stereocenters. The van der Waals surface area contributed by atoms with Crippen LogP contribution in [0.5, 0.6) is 17.4 Å². The van der Waals surface area contributed by atoms with Gasteiger partial charge in [0.1, 0.15) is 30.0 Å². The van der Waals surface area contributed by atoms with Crippen LogP contribution < -0.4 is 14.8 Å². The Hall–Kier alpha value is -4.17. The lowest BCUT2D eigenvalue weighted by Gasteiger charge is -2.32. The van der Waals surface area contributed by atoms with E-state index in [-0.39, 0.29) is 23.1 Å². The molecule has 1 amide bonds. The second kappa shape index (κ2) is 11.4. The second-order valence-corrected chi connectivity index (χ2v) is 9.77. The zero-order valence-corrected chi connectivity index (χ0v) is 22.6. The number of nitrogens with zero attached hydrogens (tertiary/aromatic N) is 5. The molecule has 0 aliphatic carbocycles. The molecule has 0 spiro atoms. The van der Waals surface area contributed by atoms with E-state index in [0.29, 0.717) is 23.4 Å². The number of carbonyl (C=O) groups is 1. The third-order valence-corrected chi connectivity index (χ3v) is 6.76. The van der Waals surface area contributed by atoms with Crippen LogP contribution in [0.1, 0.15) is 27.4 Å². The Labute approximate surface area is 232 Å². The third-order valence-electron chi connectivity index (χ3n) is 6.76. The van der Waals surface area contributed by atoms with Gasteiger partial charge < -0.3 is 24.1 Å². The molecule has 14 heteroatoms. The van der Waals surface area contributed by atoms with Crippen LogP contribution in [-0.4, -0.2) is 76.7 Å². The van der Waals surface area contributed by atoms with E-state index >= 15 is 0 Å². The molecule has 0 atom stereocenters. The second-order valence-electron chi connectivity index (χ2n) is 9.77. The summed E-state index contributed by atoms with van der Waals surface area (Å²) in [5.41, 5.74) is 0.409. The van der Waals surface area contributed by atoms with Gasteiger partial charge in [-0.1, -0.05) is 0 Å². The van der Waals surface area contributed by atoms with Crippen molar-refractivity contribution in [3.05, 3.63) is 65.3 Å². The fraction of sp³-hybridized carbons (Fsp3) is 0.370. The highest BCUT2D eigenvalue weighted by atomic mass is 19.4. The molecule has 0 bridgehead atoms. The van der Waals surface area contributed by atoms with Gasteiger partial charge in [0.25, 0.3) is 5.91 Å². The lowest BCUT2D eigenvalue weighted by atomic mass is 10.2. The van der Waals surface area contributed by atoms with Gasteiger partial charge in [-0.25, -0.2) is 8.91 Å². The first-order chi connectivity index (χ1) is 19.5. The number of benzene rings is 1. The lowest BCUT2D eigenvalue weighted by Crippen LogP contribution is -2.45. The number of rotatable bonds is 8. The maximum atomic E-state index is 15.0. The Morgan fingerprint density at radius 3 is 2.59 bits per heavy atom. The van der Waals surface area contributed by atoms with Crippen LogP contribution >= 0.6 is 0 Å². The predicted octanol–water partition coefficient (Wildman–Crippen LogP) is 4.77. The van der Waals surface area contributed by atoms with Crippen molar-refractivity contribution < 1.29 is 36.2 Å². The van der Waals surface area contributed by atoms with Crippen molar-refractivity contribution in [3.63, 3.8) is 0 Å². The maximum absolute atomic E-state index is 15.0. The number of aryl methyl sites for hydroxylation is 2. The summed E-state index contributed by atoms with van der Waals surface area (Å²) in [4.78, 5) is 21.2. The minimum Gasteiger partial charge on any atom is -0.490 e. The van der Waals surface area contributed by atoms with Gasteiger partial charge in [-0.3, -0.25) is 9.69 Å². The van der Waals surface area contributed by atoms with Crippen molar-refractivity contribution in [2.24, 2.45) is 0 Å². The maximum Gasteiger partial charge on any atom is 0.450 e. The van der Waals surface area contributed by atoms with E-state index in [9.17, 15) is 22.4 Å². The van der Waals surface area contributed by atoms with Gasteiger partial charge in [-0.05, 0) is 39.1 Å². The first kappa shape index (κ1) is 28.4. The summed E-state index contributed by atoms with van der Waals surface area (Å²) in [6.45, 7) is 8.35. The number of alkyl halides is 3. The zero-order chi connectivity index (χ0) is 29.3. The standard InChI is InChI=1S/C27H28F4N6O4/c1-16-12-19(24(40-16)27(29,30)31)25(38)34-18-4-5-21(20(28)13-18)41-26-23-17(2)22(14-37(23)33-15-32-26)39-11-10-36-8-6-35(3)7-9-36/h4-5,12-15H,6-11H2,1-3H3,(H,34,38). The smallest absolute Gasteiger partial charge is 0.450 e. The number of likely N-dealkylation sites (N-methyl/N-ethyl adjacent to an activating group) is 1. The van der Waals surface area contributed by atoms with Crippen molar-refractivity contribution in [1.82, 2.24) is 24.4 Å². The van der Waals surface area contributed by atoms with Crippen LogP contribution in [0.25, 0.3) is 5.52 Å². The van der Waals surface area contributed by atoms with E-state index in [1.165, 1.54) is 29.9 Å². The molecule has 0 radical (unpaired) electrons. The summed E-state index contributed by atoms with van der Waals surface area (Å²) in [7, 11) is 2.10. The number of aromatic nitrogens is 3. The van der Waals surface area contributed by atoms with Gasteiger partial charge in [-0.15, -0.1) is 0 Å². The third kappa shape index (κ3) is 6.28. The number of amides is 1.